The van der Waals surface area contributed by atoms with Crippen LogP contribution in [0.5, 0.6) is 0 Å². The highest BCUT2D eigenvalue weighted by molar-refractivity contribution is 5.00. The van der Waals surface area contributed by atoms with Gasteiger partial charge in [-0.25, -0.2) is 0 Å². The van der Waals surface area contributed by atoms with Crippen LogP contribution < -0.4 is 0 Å². The zero-order valence-electron chi connectivity index (χ0n) is 10.1. The van der Waals surface area contributed by atoms with Crippen molar-refractivity contribution in [2.45, 2.75) is 64.0 Å². The molecule has 1 fully saturated rings. The SMILES string of the molecule is CC(O)CCc1ccn(C2CCCCC2)n1. The zero-order chi connectivity index (χ0) is 11.4. The van der Waals surface area contributed by atoms with Crippen LogP contribution in [-0.4, -0.2) is 21.0 Å². The van der Waals surface area contributed by atoms with E-state index < -0.39 is 0 Å². The second-order valence-corrected chi connectivity index (χ2v) is 4.97. The second-order valence-electron chi connectivity index (χ2n) is 4.97. The van der Waals surface area contributed by atoms with Crippen LogP contribution in [0.1, 0.15) is 57.2 Å². The summed E-state index contributed by atoms with van der Waals surface area (Å²) >= 11 is 0. The molecule has 1 atom stereocenters. The molecule has 3 heteroatoms. The van der Waals surface area contributed by atoms with E-state index in [-0.39, 0.29) is 6.10 Å². The Balaban J connectivity index is 1.90. The Morgan fingerprint density at radius 1 is 1.44 bits per heavy atom. The molecular formula is C13H22N2O. The lowest BCUT2D eigenvalue weighted by molar-refractivity contribution is 0.184. The second kappa shape index (κ2) is 5.48. The number of hydrogen-bond acceptors (Lipinski definition) is 2. The Morgan fingerprint density at radius 3 is 2.88 bits per heavy atom. The van der Waals surface area contributed by atoms with Crippen LogP contribution in [0.4, 0.5) is 0 Å². The molecular weight excluding hydrogens is 200 g/mol. The van der Waals surface area contributed by atoms with Gasteiger partial charge in [0.2, 0.25) is 0 Å². The highest BCUT2D eigenvalue weighted by Gasteiger charge is 2.15. The quantitative estimate of drug-likeness (QED) is 0.850. The third kappa shape index (κ3) is 3.08. The molecule has 90 valence electrons. The van der Waals surface area contributed by atoms with Crippen LogP contribution in [0.15, 0.2) is 12.3 Å². The minimum atomic E-state index is -0.222. The molecule has 3 nitrogen and oxygen atoms in total. The van der Waals surface area contributed by atoms with Gasteiger partial charge in [0.25, 0.3) is 0 Å². The first kappa shape index (κ1) is 11.6. The van der Waals surface area contributed by atoms with E-state index in [1.165, 1.54) is 32.1 Å². The van der Waals surface area contributed by atoms with E-state index in [0.717, 1.165) is 18.5 Å². The van der Waals surface area contributed by atoms with Crippen molar-refractivity contribution in [2.24, 2.45) is 0 Å². The monoisotopic (exact) mass is 222 g/mol. The molecule has 1 aromatic heterocycles. The van der Waals surface area contributed by atoms with Gasteiger partial charge < -0.3 is 5.11 Å². The smallest absolute Gasteiger partial charge is 0.0625 e. The fourth-order valence-electron chi connectivity index (χ4n) is 2.42. The molecule has 1 saturated carbocycles. The number of aliphatic hydroxyl groups is 1. The van der Waals surface area contributed by atoms with E-state index in [4.69, 9.17) is 0 Å². The average molecular weight is 222 g/mol. The van der Waals surface area contributed by atoms with Gasteiger partial charge in [-0.05, 0) is 38.7 Å². The Hall–Kier alpha value is -0.830. The molecule has 0 bridgehead atoms. The van der Waals surface area contributed by atoms with Gasteiger partial charge in [0.1, 0.15) is 0 Å². The van der Waals surface area contributed by atoms with Gasteiger partial charge in [-0.1, -0.05) is 19.3 Å². The summed E-state index contributed by atoms with van der Waals surface area (Å²) in [5, 5.41) is 13.8. The van der Waals surface area contributed by atoms with Crippen molar-refractivity contribution in [2.75, 3.05) is 0 Å². The summed E-state index contributed by atoms with van der Waals surface area (Å²) in [6, 6.07) is 2.71. The predicted molar refractivity (Wildman–Crippen MR) is 64.4 cm³/mol. The molecule has 1 unspecified atom stereocenters. The maximum atomic E-state index is 9.23. The van der Waals surface area contributed by atoms with Crippen molar-refractivity contribution >= 4 is 0 Å². The van der Waals surface area contributed by atoms with Gasteiger partial charge in [0, 0.05) is 6.20 Å². The maximum Gasteiger partial charge on any atom is 0.0625 e. The number of nitrogens with zero attached hydrogens (tertiary/aromatic N) is 2. The number of aryl methyl sites for hydroxylation is 1. The van der Waals surface area contributed by atoms with Crippen molar-refractivity contribution in [1.82, 2.24) is 9.78 Å². The predicted octanol–water partition coefficient (Wildman–Crippen LogP) is 2.70. The number of aromatic nitrogens is 2. The lowest BCUT2D eigenvalue weighted by Crippen LogP contribution is -2.13. The molecule has 0 aromatic carbocycles. The topological polar surface area (TPSA) is 38.0 Å². The molecule has 1 aliphatic carbocycles. The molecule has 0 aliphatic heterocycles. The van der Waals surface area contributed by atoms with E-state index >= 15 is 0 Å². The van der Waals surface area contributed by atoms with Crippen LogP contribution in [0.3, 0.4) is 0 Å². The molecule has 1 N–H and O–H groups in total. The third-order valence-corrected chi connectivity index (χ3v) is 3.43. The summed E-state index contributed by atoms with van der Waals surface area (Å²) in [7, 11) is 0. The third-order valence-electron chi connectivity index (χ3n) is 3.43. The standard InChI is InChI=1S/C13H22N2O/c1-11(16)7-8-12-9-10-15(14-12)13-5-3-2-4-6-13/h9-11,13,16H,2-8H2,1H3. The van der Waals surface area contributed by atoms with Gasteiger partial charge in [0.15, 0.2) is 0 Å². The summed E-state index contributed by atoms with van der Waals surface area (Å²) in [6.45, 7) is 1.83. The Labute approximate surface area is 97.5 Å². The first-order valence-corrected chi connectivity index (χ1v) is 6.48. The molecule has 1 heterocycles. The Kier molecular flexibility index (Phi) is 3.99. The normalized spacial score (nSPS) is 19.9. The van der Waals surface area contributed by atoms with Gasteiger partial charge in [0.05, 0.1) is 17.8 Å². The minimum Gasteiger partial charge on any atom is -0.393 e. The summed E-state index contributed by atoms with van der Waals surface area (Å²) in [6.07, 6.45) is 10.2. The highest BCUT2D eigenvalue weighted by atomic mass is 16.3. The first-order chi connectivity index (χ1) is 7.75. The van der Waals surface area contributed by atoms with E-state index in [1.807, 2.05) is 6.92 Å². The van der Waals surface area contributed by atoms with E-state index in [1.54, 1.807) is 0 Å². The molecule has 0 amide bonds. The summed E-state index contributed by atoms with van der Waals surface area (Å²) in [5.74, 6) is 0. The van der Waals surface area contributed by atoms with Crippen molar-refractivity contribution in [3.63, 3.8) is 0 Å². The van der Waals surface area contributed by atoms with Gasteiger partial charge >= 0.3 is 0 Å². The van der Waals surface area contributed by atoms with E-state index in [2.05, 4.69) is 22.0 Å². The van der Waals surface area contributed by atoms with Crippen molar-refractivity contribution in [3.05, 3.63) is 18.0 Å². The van der Waals surface area contributed by atoms with Crippen molar-refractivity contribution in [1.29, 1.82) is 0 Å². The molecule has 1 aliphatic rings. The largest absolute Gasteiger partial charge is 0.393 e. The summed E-state index contributed by atoms with van der Waals surface area (Å²) in [4.78, 5) is 0. The maximum absolute atomic E-state index is 9.23. The van der Waals surface area contributed by atoms with Crippen LogP contribution in [-0.2, 0) is 6.42 Å². The fraction of sp³-hybridized carbons (Fsp3) is 0.769. The molecule has 0 radical (unpaired) electrons. The van der Waals surface area contributed by atoms with E-state index in [9.17, 15) is 5.11 Å². The van der Waals surface area contributed by atoms with Crippen molar-refractivity contribution < 1.29 is 5.11 Å². The van der Waals surface area contributed by atoms with Crippen molar-refractivity contribution in [3.8, 4) is 0 Å². The van der Waals surface area contributed by atoms with Crippen LogP contribution >= 0.6 is 0 Å². The van der Waals surface area contributed by atoms with Crippen LogP contribution in [0, 0.1) is 0 Å². The first-order valence-electron chi connectivity index (χ1n) is 6.48. The molecule has 0 spiro atoms. The van der Waals surface area contributed by atoms with Gasteiger partial charge in [-0.2, -0.15) is 5.10 Å². The molecule has 2 rings (SSSR count). The lowest BCUT2D eigenvalue weighted by Gasteiger charge is -2.21. The zero-order valence-corrected chi connectivity index (χ0v) is 10.1. The van der Waals surface area contributed by atoms with Gasteiger partial charge in [-0.3, -0.25) is 4.68 Å². The van der Waals surface area contributed by atoms with Gasteiger partial charge in [-0.15, -0.1) is 0 Å². The lowest BCUT2D eigenvalue weighted by atomic mass is 9.96. The molecule has 0 saturated heterocycles. The minimum absolute atomic E-state index is 0.222. The summed E-state index contributed by atoms with van der Waals surface area (Å²) in [5.41, 5.74) is 1.12. The fourth-order valence-corrected chi connectivity index (χ4v) is 2.42. The van der Waals surface area contributed by atoms with Crippen LogP contribution in [0.25, 0.3) is 0 Å². The summed E-state index contributed by atoms with van der Waals surface area (Å²) < 4.78 is 2.14. The Bertz CT molecular complexity index is 313. The Morgan fingerprint density at radius 2 is 2.19 bits per heavy atom. The number of aliphatic hydroxyl groups excluding tert-OH is 1. The number of rotatable bonds is 4. The van der Waals surface area contributed by atoms with E-state index in [0.29, 0.717) is 6.04 Å². The molecule has 1 aromatic rings. The number of hydrogen-bond donors (Lipinski definition) is 1. The molecule has 16 heavy (non-hydrogen) atoms. The van der Waals surface area contributed by atoms with Crippen LogP contribution in [0.2, 0.25) is 0 Å². The average Bonchev–Trinajstić information content (AvgIpc) is 2.76. The highest BCUT2D eigenvalue weighted by Crippen LogP contribution is 2.27.